The van der Waals surface area contributed by atoms with Crippen LogP contribution in [0.15, 0.2) is 48.5 Å². The SMILES string of the molecule is CCC12CC(C)(O)C(O)(c3ccccc3)C[C@H]1CCc1cc(OCC(=O)N3CCN(C)CC3)ccc12. The fourth-order valence-corrected chi connectivity index (χ4v) is 7.09. The first-order valence-corrected chi connectivity index (χ1v) is 13.4. The molecule has 2 fully saturated rings. The Bertz CT molecular complexity index is 1100. The van der Waals surface area contributed by atoms with Gasteiger partial charge in [-0.05, 0) is 80.8 Å². The number of benzene rings is 2. The zero-order valence-corrected chi connectivity index (χ0v) is 21.9. The molecule has 1 amide bonds. The van der Waals surface area contributed by atoms with Crippen molar-refractivity contribution in [2.24, 2.45) is 5.92 Å². The maximum Gasteiger partial charge on any atom is 0.260 e. The van der Waals surface area contributed by atoms with Gasteiger partial charge in [0.05, 0.1) is 5.60 Å². The molecule has 1 saturated carbocycles. The lowest BCUT2D eigenvalue weighted by Gasteiger charge is -2.59. The Balaban J connectivity index is 1.36. The number of nitrogens with zero attached hydrogens (tertiary/aromatic N) is 2. The van der Waals surface area contributed by atoms with Crippen molar-refractivity contribution in [2.75, 3.05) is 39.8 Å². The second kappa shape index (κ2) is 9.47. The van der Waals surface area contributed by atoms with Crippen molar-refractivity contribution in [2.45, 2.75) is 62.6 Å². The van der Waals surface area contributed by atoms with E-state index < -0.39 is 11.2 Å². The summed E-state index contributed by atoms with van der Waals surface area (Å²) in [6.45, 7) is 7.34. The smallest absolute Gasteiger partial charge is 0.260 e. The summed E-state index contributed by atoms with van der Waals surface area (Å²) in [7, 11) is 2.08. The molecule has 3 unspecified atom stereocenters. The van der Waals surface area contributed by atoms with E-state index in [4.69, 9.17) is 4.74 Å². The highest BCUT2D eigenvalue weighted by molar-refractivity contribution is 5.78. The van der Waals surface area contributed by atoms with Crippen molar-refractivity contribution >= 4 is 5.91 Å². The molecule has 4 atom stereocenters. The molecule has 1 heterocycles. The van der Waals surface area contributed by atoms with Gasteiger partial charge in [0, 0.05) is 31.6 Å². The summed E-state index contributed by atoms with van der Waals surface area (Å²) in [5.41, 5.74) is 0.542. The number of hydrogen-bond donors (Lipinski definition) is 2. The number of aryl methyl sites for hydroxylation is 1. The van der Waals surface area contributed by atoms with Crippen LogP contribution in [-0.2, 0) is 22.2 Å². The first kappa shape index (κ1) is 25.2. The summed E-state index contributed by atoms with van der Waals surface area (Å²) in [5, 5.41) is 23.6. The van der Waals surface area contributed by atoms with Crippen LogP contribution in [0.3, 0.4) is 0 Å². The Labute approximate surface area is 214 Å². The molecule has 2 aromatic carbocycles. The number of likely N-dealkylation sites (N-methyl/N-ethyl adjacent to an activating group) is 1. The molecule has 6 heteroatoms. The molecule has 194 valence electrons. The van der Waals surface area contributed by atoms with Crippen molar-refractivity contribution in [1.29, 1.82) is 0 Å². The molecule has 0 radical (unpaired) electrons. The Morgan fingerprint density at radius 1 is 1.08 bits per heavy atom. The molecule has 5 rings (SSSR count). The van der Waals surface area contributed by atoms with Gasteiger partial charge in [0.1, 0.15) is 11.4 Å². The van der Waals surface area contributed by atoms with E-state index in [1.165, 1.54) is 11.1 Å². The number of hydrogen-bond acceptors (Lipinski definition) is 5. The van der Waals surface area contributed by atoms with Crippen molar-refractivity contribution in [3.63, 3.8) is 0 Å². The van der Waals surface area contributed by atoms with Crippen LogP contribution in [0.25, 0.3) is 0 Å². The highest BCUT2D eigenvalue weighted by atomic mass is 16.5. The number of aliphatic hydroxyl groups is 2. The summed E-state index contributed by atoms with van der Waals surface area (Å²) in [6, 6.07) is 15.9. The lowest BCUT2D eigenvalue weighted by molar-refractivity contribution is -0.205. The summed E-state index contributed by atoms with van der Waals surface area (Å²) < 4.78 is 5.95. The number of fused-ring (bicyclic) bond motifs is 3. The van der Waals surface area contributed by atoms with Gasteiger partial charge in [-0.2, -0.15) is 0 Å². The molecule has 1 aliphatic heterocycles. The number of amides is 1. The van der Waals surface area contributed by atoms with E-state index in [0.717, 1.165) is 56.8 Å². The van der Waals surface area contributed by atoms with Gasteiger partial charge in [0.25, 0.3) is 5.91 Å². The second-order valence-corrected chi connectivity index (χ2v) is 11.4. The van der Waals surface area contributed by atoms with Crippen LogP contribution < -0.4 is 4.74 Å². The van der Waals surface area contributed by atoms with E-state index in [1.54, 1.807) is 6.92 Å². The molecule has 36 heavy (non-hydrogen) atoms. The summed E-state index contributed by atoms with van der Waals surface area (Å²) in [5.74, 6) is 1.03. The molecular formula is C30H40N2O4. The summed E-state index contributed by atoms with van der Waals surface area (Å²) in [4.78, 5) is 16.7. The number of carbonyl (C=O) groups excluding carboxylic acids is 1. The van der Waals surface area contributed by atoms with Crippen LogP contribution in [0, 0.1) is 5.92 Å². The molecule has 2 aromatic rings. The van der Waals surface area contributed by atoms with Gasteiger partial charge < -0.3 is 24.7 Å². The number of ether oxygens (including phenoxy) is 1. The molecule has 6 nitrogen and oxygen atoms in total. The number of piperazine rings is 1. The molecule has 0 spiro atoms. The first-order chi connectivity index (χ1) is 17.2. The summed E-state index contributed by atoms with van der Waals surface area (Å²) in [6.07, 6.45) is 3.79. The van der Waals surface area contributed by atoms with Crippen LogP contribution in [0.5, 0.6) is 5.75 Å². The van der Waals surface area contributed by atoms with Crippen LogP contribution in [0.2, 0.25) is 0 Å². The molecule has 2 N–H and O–H groups in total. The number of rotatable bonds is 5. The van der Waals surface area contributed by atoms with E-state index in [1.807, 2.05) is 41.3 Å². The zero-order valence-electron chi connectivity index (χ0n) is 21.9. The van der Waals surface area contributed by atoms with Crippen LogP contribution in [-0.4, -0.2) is 71.4 Å². The Morgan fingerprint density at radius 3 is 2.50 bits per heavy atom. The van der Waals surface area contributed by atoms with E-state index in [-0.39, 0.29) is 23.8 Å². The third-order valence-electron chi connectivity index (χ3n) is 9.35. The van der Waals surface area contributed by atoms with E-state index >= 15 is 0 Å². The van der Waals surface area contributed by atoms with Gasteiger partial charge in [-0.25, -0.2) is 0 Å². The third-order valence-corrected chi connectivity index (χ3v) is 9.35. The quantitative estimate of drug-likeness (QED) is 0.669. The average Bonchev–Trinajstić information content (AvgIpc) is 2.88. The fraction of sp³-hybridized carbons (Fsp3) is 0.567. The van der Waals surface area contributed by atoms with Crippen molar-refractivity contribution in [3.05, 3.63) is 65.2 Å². The van der Waals surface area contributed by atoms with E-state index in [9.17, 15) is 15.0 Å². The second-order valence-electron chi connectivity index (χ2n) is 11.4. The van der Waals surface area contributed by atoms with Crippen LogP contribution in [0.4, 0.5) is 0 Å². The van der Waals surface area contributed by atoms with Crippen molar-refractivity contribution < 1.29 is 19.7 Å². The standard InChI is InChI=1S/C30H40N2O4/c1-4-29-21-28(2,34)30(35,23-8-6-5-7-9-23)19-24(29)11-10-22-18-25(12-13-26(22)29)36-20-27(33)32-16-14-31(3)15-17-32/h5-9,12-13,18,24,34-35H,4,10-11,14-17,19-21H2,1-3H3/t24-,28?,29?,30?/m1/s1. The van der Waals surface area contributed by atoms with Crippen LogP contribution >= 0.6 is 0 Å². The lowest BCUT2D eigenvalue weighted by Crippen LogP contribution is -2.62. The van der Waals surface area contributed by atoms with Crippen molar-refractivity contribution in [1.82, 2.24) is 9.80 Å². The van der Waals surface area contributed by atoms with Gasteiger partial charge in [-0.1, -0.05) is 43.3 Å². The molecule has 3 aliphatic rings. The highest BCUT2D eigenvalue weighted by Gasteiger charge is 2.60. The van der Waals surface area contributed by atoms with Gasteiger partial charge in [0.15, 0.2) is 6.61 Å². The normalized spacial score (nSPS) is 32.5. The predicted octanol–water partition coefficient (Wildman–Crippen LogP) is 3.48. The topological polar surface area (TPSA) is 73.2 Å². The molecule has 2 aliphatic carbocycles. The third kappa shape index (κ3) is 4.23. The minimum atomic E-state index is -1.28. The van der Waals surface area contributed by atoms with Gasteiger partial charge in [0.2, 0.25) is 0 Å². The highest BCUT2D eigenvalue weighted by Crippen LogP contribution is 2.60. The Kier molecular flexibility index (Phi) is 6.64. The largest absolute Gasteiger partial charge is 0.484 e. The lowest BCUT2D eigenvalue weighted by atomic mass is 9.49. The van der Waals surface area contributed by atoms with Gasteiger partial charge >= 0.3 is 0 Å². The molecular weight excluding hydrogens is 452 g/mol. The zero-order chi connectivity index (χ0) is 25.6. The number of carbonyl (C=O) groups is 1. The molecule has 0 bridgehead atoms. The maximum absolute atomic E-state index is 12.6. The van der Waals surface area contributed by atoms with Crippen molar-refractivity contribution in [3.8, 4) is 5.75 Å². The first-order valence-electron chi connectivity index (χ1n) is 13.4. The summed E-state index contributed by atoms with van der Waals surface area (Å²) >= 11 is 0. The maximum atomic E-state index is 12.6. The Morgan fingerprint density at radius 2 is 1.81 bits per heavy atom. The molecule has 1 saturated heterocycles. The van der Waals surface area contributed by atoms with E-state index in [0.29, 0.717) is 12.8 Å². The predicted molar refractivity (Wildman–Crippen MR) is 140 cm³/mol. The van der Waals surface area contributed by atoms with Crippen LogP contribution in [0.1, 0.15) is 56.2 Å². The minimum Gasteiger partial charge on any atom is -0.484 e. The average molecular weight is 493 g/mol. The monoisotopic (exact) mass is 492 g/mol. The van der Waals surface area contributed by atoms with E-state index in [2.05, 4.69) is 31.0 Å². The Hall–Kier alpha value is -2.41. The fourth-order valence-electron chi connectivity index (χ4n) is 7.09. The van der Waals surface area contributed by atoms with Gasteiger partial charge in [-0.3, -0.25) is 4.79 Å². The van der Waals surface area contributed by atoms with Gasteiger partial charge in [-0.15, -0.1) is 0 Å². The molecule has 0 aromatic heterocycles. The minimum absolute atomic E-state index is 0.0365.